The first-order chi connectivity index (χ1) is 9.06. The molecule has 0 spiro atoms. The molecule has 0 saturated heterocycles. The Morgan fingerprint density at radius 3 is 2.84 bits per heavy atom. The summed E-state index contributed by atoms with van der Waals surface area (Å²) in [6.07, 6.45) is 5.95. The lowest BCUT2D eigenvalue weighted by atomic mass is 9.97. The Hall–Kier alpha value is -1.36. The summed E-state index contributed by atoms with van der Waals surface area (Å²) in [5, 5.41) is 14.3. The van der Waals surface area contributed by atoms with Crippen LogP contribution >= 0.6 is 11.6 Å². The van der Waals surface area contributed by atoms with E-state index in [9.17, 15) is 10.1 Å². The summed E-state index contributed by atoms with van der Waals surface area (Å²) in [5.74, 6) is 1.04. The SMILES string of the molecule is CC1CCCCCC1Nc1cc([N+](=O)[O-])cc(Cl)n1. The zero-order valence-electron chi connectivity index (χ0n) is 10.9. The van der Waals surface area contributed by atoms with Crippen molar-refractivity contribution in [2.24, 2.45) is 5.92 Å². The molecular formula is C13H18ClN3O2. The van der Waals surface area contributed by atoms with Crippen molar-refractivity contribution in [3.05, 3.63) is 27.4 Å². The molecule has 2 unspecified atom stereocenters. The van der Waals surface area contributed by atoms with Gasteiger partial charge in [-0.2, -0.15) is 0 Å². The van der Waals surface area contributed by atoms with Crippen molar-refractivity contribution in [2.45, 2.75) is 45.1 Å². The van der Waals surface area contributed by atoms with Gasteiger partial charge in [-0.3, -0.25) is 10.1 Å². The van der Waals surface area contributed by atoms with Gasteiger partial charge in [-0.15, -0.1) is 0 Å². The van der Waals surface area contributed by atoms with E-state index < -0.39 is 4.92 Å². The average Bonchev–Trinajstić information content (AvgIpc) is 2.54. The van der Waals surface area contributed by atoms with Crippen molar-refractivity contribution < 1.29 is 4.92 Å². The topological polar surface area (TPSA) is 68.1 Å². The lowest BCUT2D eigenvalue weighted by molar-refractivity contribution is -0.384. The van der Waals surface area contributed by atoms with E-state index in [1.54, 1.807) is 0 Å². The molecule has 1 aliphatic carbocycles. The molecule has 5 nitrogen and oxygen atoms in total. The molecule has 1 fully saturated rings. The monoisotopic (exact) mass is 283 g/mol. The number of pyridine rings is 1. The van der Waals surface area contributed by atoms with Gasteiger partial charge in [-0.25, -0.2) is 4.98 Å². The standard InChI is InChI=1S/C13H18ClN3O2/c1-9-5-3-2-4-6-11(9)15-13-8-10(17(18)19)7-12(14)16-13/h7-9,11H,2-6H2,1H3,(H,15,16). The minimum atomic E-state index is -0.449. The number of halogens is 1. The van der Waals surface area contributed by atoms with Crippen LogP contribution in [0.3, 0.4) is 0 Å². The van der Waals surface area contributed by atoms with E-state index in [0.29, 0.717) is 17.8 Å². The zero-order valence-corrected chi connectivity index (χ0v) is 11.7. The van der Waals surface area contributed by atoms with Gasteiger partial charge < -0.3 is 5.32 Å². The average molecular weight is 284 g/mol. The summed E-state index contributed by atoms with van der Waals surface area (Å²) >= 11 is 5.82. The van der Waals surface area contributed by atoms with Crippen LogP contribution in [0.25, 0.3) is 0 Å². The molecule has 104 valence electrons. The smallest absolute Gasteiger partial charge is 0.276 e. The van der Waals surface area contributed by atoms with Gasteiger partial charge in [0, 0.05) is 6.04 Å². The predicted molar refractivity (Wildman–Crippen MR) is 75.6 cm³/mol. The Morgan fingerprint density at radius 1 is 1.37 bits per heavy atom. The molecule has 1 aliphatic rings. The maximum Gasteiger partial charge on any atom is 0.276 e. The minimum Gasteiger partial charge on any atom is -0.367 e. The lowest BCUT2D eigenvalue weighted by Gasteiger charge is -2.23. The number of hydrogen-bond acceptors (Lipinski definition) is 4. The highest BCUT2D eigenvalue weighted by Gasteiger charge is 2.21. The molecule has 0 amide bonds. The molecule has 1 aromatic rings. The molecule has 1 heterocycles. The highest BCUT2D eigenvalue weighted by atomic mass is 35.5. The van der Waals surface area contributed by atoms with Crippen molar-refractivity contribution >= 4 is 23.1 Å². The first kappa shape index (κ1) is 14.1. The quantitative estimate of drug-likeness (QED) is 0.394. The summed E-state index contributed by atoms with van der Waals surface area (Å²) in [7, 11) is 0. The molecule has 2 rings (SSSR count). The second-order valence-corrected chi connectivity index (χ2v) is 5.54. The van der Waals surface area contributed by atoms with Gasteiger partial charge in [0.2, 0.25) is 0 Å². The third-order valence-electron chi connectivity index (χ3n) is 3.68. The van der Waals surface area contributed by atoms with E-state index >= 15 is 0 Å². The first-order valence-electron chi connectivity index (χ1n) is 6.65. The Morgan fingerprint density at radius 2 is 2.11 bits per heavy atom. The normalized spacial score (nSPS) is 23.7. The molecule has 0 aromatic carbocycles. The van der Waals surface area contributed by atoms with Crippen molar-refractivity contribution in [2.75, 3.05) is 5.32 Å². The van der Waals surface area contributed by atoms with E-state index in [1.807, 2.05) is 0 Å². The molecule has 0 bridgehead atoms. The number of hydrogen-bond donors (Lipinski definition) is 1. The second kappa shape index (κ2) is 6.19. The Bertz CT molecular complexity index is 467. The highest BCUT2D eigenvalue weighted by molar-refractivity contribution is 6.29. The summed E-state index contributed by atoms with van der Waals surface area (Å²) in [6.45, 7) is 2.21. The fourth-order valence-corrected chi connectivity index (χ4v) is 2.76. The molecular weight excluding hydrogens is 266 g/mol. The number of rotatable bonds is 3. The number of nitrogens with zero attached hydrogens (tertiary/aromatic N) is 2. The van der Waals surface area contributed by atoms with Crippen LogP contribution < -0.4 is 5.32 Å². The second-order valence-electron chi connectivity index (χ2n) is 5.16. The van der Waals surface area contributed by atoms with Crippen molar-refractivity contribution in [3.63, 3.8) is 0 Å². The third-order valence-corrected chi connectivity index (χ3v) is 3.88. The maximum atomic E-state index is 10.8. The molecule has 1 aromatic heterocycles. The van der Waals surface area contributed by atoms with Crippen LogP contribution in [0.1, 0.15) is 39.0 Å². The predicted octanol–water partition coefficient (Wildman–Crippen LogP) is 4.02. The Balaban J connectivity index is 2.15. The van der Waals surface area contributed by atoms with E-state index in [0.717, 1.165) is 6.42 Å². The fraction of sp³-hybridized carbons (Fsp3) is 0.615. The number of nitrogens with one attached hydrogen (secondary N) is 1. The van der Waals surface area contributed by atoms with Gasteiger partial charge in [-0.1, -0.05) is 37.8 Å². The van der Waals surface area contributed by atoms with Crippen LogP contribution in [0, 0.1) is 16.0 Å². The van der Waals surface area contributed by atoms with Crippen LogP contribution in [0.4, 0.5) is 11.5 Å². The molecule has 1 saturated carbocycles. The fourth-order valence-electron chi connectivity index (χ4n) is 2.56. The number of nitro groups is 1. The largest absolute Gasteiger partial charge is 0.367 e. The molecule has 0 radical (unpaired) electrons. The Labute approximate surface area is 117 Å². The molecule has 19 heavy (non-hydrogen) atoms. The number of aromatic nitrogens is 1. The van der Waals surface area contributed by atoms with Crippen LogP contribution in [0.15, 0.2) is 12.1 Å². The van der Waals surface area contributed by atoms with Gasteiger partial charge in [0.25, 0.3) is 5.69 Å². The summed E-state index contributed by atoms with van der Waals surface area (Å²) < 4.78 is 0. The molecule has 1 N–H and O–H groups in total. The van der Waals surface area contributed by atoms with Crippen LogP contribution in [-0.2, 0) is 0 Å². The third kappa shape index (κ3) is 3.80. The van der Waals surface area contributed by atoms with E-state index in [1.165, 1.54) is 37.8 Å². The molecule has 6 heteroatoms. The lowest BCUT2D eigenvalue weighted by Crippen LogP contribution is -2.26. The summed E-state index contributed by atoms with van der Waals surface area (Å²) in [6, 6.07) is 3.03. The highest BCUT2D eigenvalue weighted by Crippen LogP contribution is 2.27. The zero-order chi connectivity index (χ0) is 13.8. The minimum absolute atomic E-state index is 0.0243. The van der Waals surface area contributed by atoms with Crippen molar-refractivity contribution in [1.82, 2.24) is 4.98 Å². The van der Waals surface area contributed by atoms with Crippen molar-refractivity contribution in [1.29, 1.82) is 0 Å². The molecule has 0 aliphatic heterocycles. The van der Waals surface area contributed by atoms with Gasteiger partial charge in [0.1, 0.15) is 11.0 Å². The summed E-state index contributed by atoms with van der Waals surface area (Å²) in [5.41, 5.74) is -0.0243. The van der Waals surface area contributed by atoms with E-state index in [2.05, 4.69) is 17.2 Å². The number of anilines is 1. The van der Waals surface area contributed by atoms with Gasteiger partial charge in [0.15, 0.2) is 0 Å². The summed E-state index contributed by atoms with van der Waals surface area (Å²) in [4.78, 5) is 14.5. The van der Waals surface area contributed by atoms with Gasteiger partial charge in [0.05, 0.1) is 17.1 Å². The van der Waals surface area contributed by atoms with Crippen LogP contribution in [0.5, 0.6) is 0 Å². The first-order valence-corrected chi connectivity index (χ1v) is 7.02. The molecule has 2 atom stereocenters. The van der Waals surface area contributed by atoms with E-state index in [4.69, 9.17) is 11.6 Å². The van der Waals surface area contributed by atoms with Crippen LogP contribution in [0.2, 0.25) is 5.15 Å². The van der Waals surface area contributed by atoms with Crippen molar-refractivity contribution in [3.8, 4) is 0 Å². The van der Waals surface area contributed by atoms with Gasteiger partial charge >= 0.3 is 0 Å². The maximum absolute atomic E-state index is 10.8. The van der Waals surface area contributed by atoms with Crippen LogP contribution in [-0.4, -0.2) is 15.9 Å². The Kier molecular flexibility index (Phi) is 4.58. The van der Waals surface area contributed by atoms with E-state index in [-0.39, 0.29) is 10.8 Å². The van der Waals surface area contributed by atoms with Gasteiger partial charge in [-0.05, 0) is 18.8 Å².